The molecule has 0 unspecified atom stereocenters. The van der Waals surface area contributed by atoms with Gasteiger partial charge in [-0.1, -0.05) is 30.3 Å². The van der Waals surface area contributed by atoms with Gasteiger partial charge in [-0.3, -0.25) is 4.79 Å². The maximum absolute atomic E-state index is 12.1. The fourth-order valence-electron chi connectivity index (χ4n) is 3.26. The first-order valence-electron chi connectivity index (χ1n) is 11.0. The van der Waals surface area contributed by atoms with Crippen LogP contribution in [0.15, 0.2) is 91.3 Å². The van der Waals surface area contributed by atoms with E-state index in [4.69, 9.17) is 9.47 Å². The van der Waals surface area contributed by atoms with Gasteiger partial charge in [0, 0.05) is 28.9 Å². The molecule has 0 saturated carbocycles. The van der Waals surface area contributed by atoms with Crippen molar-refractivity contribution in [2.75, 3.05) is 17.2 Å². The van der Waals surface area contributed by atoms with E-state index in [0.29, 0.717) is 23.6 Å². The fourth-order valence-corrected chi connectivity index (χ4v) is 3.26. The van der Waals surface area contributed by atoms with Gasteiger partial charge in [-0.15, -0.1) is 0 Å². The zero-order chi connectivity index (χ0) is 24.5. The first kappa shape index (κ1) is 23.4. The Morgan fingerprint density at radius 1 is 0.914 bits per heavy atom. The Kier molecular flexibility index (Phi) is 7.65. The van der Waals surface area contributed by atoms with E-state index in [2.05, 4.69) is 20.6 Å². The SMILES string of the molecule is CCOC(=O)/C=C/C(=O)Nc1ccc2ncnc(Nc3ccc(OCc4ccccc4)cc3)c2c1. The topological polar surface area (TPSA) is 102 Å². The van der Waals surface area contributed by atoms with Crippen molar-refractivity contribution in [2.24, 2.45) is 0 Å². The van der Waals surface area contributed by atoms with Gasteiger partial charge in [0.1, 0.15) is 24.5 Å². The fraction of sp³-hybridized carbons (Fsp3) is 0.111. The Hall–Kier alpha value is -4.72. The molecule has 8 heteroatoms. The Bertz CT molecular complexity index is 1340. The highest BCUT2D eigenvalue weighted by Gasteiger charge is 2.08. The van der Waals surface area contributed by atoms with Crippen molar-refractivity contribution in [3.05, 3.63) is 96.8 Å². The minimum atomic E-state index is -0.572. The number of carbonyl (C=O) groups excluding carboxylic acids is 2. The number of nitrogens with zero attached hydrogens (tertiary/aromatic N) is 2. The number of amides is 1. The largest absolute Gasteiger partial charge is 0.489 e. The van der Waals surface area contributed by atoms with Gasteiger partial charge in [-0.2, -0.15) is 0 Å². The molecule has 0 aliphatic carbocycles. The molecule has 0 aliphatic heterocycles. The summed E-state index contributed by atoms with van der Waals surface area (Å²) in [6.45, 7) is 2.44. The van der Waals surface area contributed by atoms with E-state index >= 15 is 0 Å². The summed E-state index contributed by atoms with van der Waals surface area (Å²) < 4.78 is 10.6. The summed E-state index contributed by atoms with van der Waals surface area (Å²) in [6, 6.07) is 22.8. The number of esters is 1. The molecule has 3 aromatic carbocycles. The first-order valence-corrected chi connectivity index (χ1v) is 11.0. The standard InChI is InChI=1S/C27H24N4O4/c1-2-34-26(33)15-14-25(32)30-21-10-13-24-23(16-21)27(29-18-28-24)31-20-8-11-22(12-9-20)35-17-19-6-4-3-5-7-19/h3-16,18H,2,17H2,1H3,(H,30,32)(H,28,29,31)/b15-14+. The number of anilines is 3. The number of hydrogen-bond acceptors (Lipinski definition) is 7. The number of ether oxygens (including phenoxy) is 2. The van der Waals surface area contributed by atoms with E-state index < -0.39 is 11.9 Å². The predicted molar refractivity (Wildman–Crippen MR) is 134 cm³/mol. The highest BCUT2D eigenvalue weighted by Crippen LogP contribution is 2.27. The lowest BCUT2D eigenvalue weighted by atomic mass is 10.2. The lowest BCUT2D eigenvalue weighted by Gasteiger charge is -2.11. The summed E-state index contributed by atoms with van der Waals surface area (Å²) in [5, 5.41) is 6.74. The third kappa shape index (κ3) is 6.64. The molecule has 8 nitrogen and oxygen atoms in total. The van der Waals surface area contributed by atoms with Crippen molar-refractivity contribution in [1.82, 2.24) is 9.97 Å². The van der Waals surface area contributed by atoms with E-state index in [0.717, 1.165) is 34.5 Å². The molecule has 0 aliphatic rings. The summed E-state index contributed by atoms with van der Waals surface area (Å²) >= 11 is 0. The van der Waals surface area contributed by atoms with E-state index in [-0.39, 0.29) is 6.61 Å². The lowest BCUT2D eigenvalue weighted by molar-refractivity contribution is -0.137. The number of carbonyl (C=O) groups is 2. The highest BCUT2D eigenvalue weighted by atomic mass is 16.5. The van der Waals surface area contributed by atoms with Crippen LogP contribution in [0.2, 0.25) is 0 Å². The number of fused-ring (bicyclic) bond motifs is 1. The molecule has 0 fully saturated rings. The van der Waals surface area contributed by atoms with E-state index in [1.807, 2.05) is 54.6 Å². The number of hydrogen-bond donors (Lipinski definition) is 2. The molecule has 0 spiro atoms. The molecule has 0 atom stereocenters. The lowest BCUT2D eigenvalue weighted by Crippen LogP contribution is -2.09. The molecule has 0 radical (unpaired) electrons. The minimum Gasteiger partial charge on any atom is -0.489 e. The molecular formula is C27H24N4O4. The van der Waals surface area contributed by atoms with Crippen molar-refractivity contribution in [1.29, 1.82) is 0 Å². The van der Waals surface area contributed by atoms with Gasteiger partial charge in [0.15, 0.2) is 0 Å². The molecule has 0 saturated heterocycles. The Balaban J connectivity index is 1.44. The monoisotopic (exact) mass is 468 g/mol. The second kappa shape index (κ2) is 11.4. The zero-order valence-corrected chi connectivity index (χ0v) is 19.1. The van der Waals surface area contributed by atoms with Crippen LogP contribution in [0.5, 0.6) is 5.75 Å². The third-order valence-electron chi connectivity index (χ3n) is 4.93. The van der Waals surface area contributed by atoms with Gasteiger partial charge in [0.25, 0.3) is 0 Å². The maximum atomic E-state index is 12.1. The number of benzene rings is 3. The van der Waals surface area contributed by atoms with Crippen molar-refractivity contribution in [3.8, 4) is 5.75 Å². The molecule has 1 heterocycles. The normalized spacial score (nSPS) is 10.8. The Morgan fingerprint density at radius 2 is 1.69 bits per heavy atom. The van der Waals surface area contributed by atoms with Crippen LogP contribution in [0.4, 0.5) is 17.2 Å². The number of nitrogens with one attached hydrogen (secondary N) is 2. The quantitative estimate of drug-likeness (QED) is 0.263. The second-order valence-electron chi connectivity index (χ2n) is 7.45. The van der Waals surface area contributed by atoms with Gasteiger partial charge in [-0.05, 0) is 55.0 Å². The van der Waals surface area contributed by atoms with Gasteiger partial charge in [0.2, 0.25) is 5.91 Å². The molecule has 4 rings (SSSR count). The van der Waals surface area contributed by atoms with Crippen LogP contribution in [0.3, 0.4) is 0 Å². The van der Waals surface area contributed by atoms with Gasteiger partial charge < -0.3 is 20.1 Å². The van der Waals surface area contributed by atoms with Crippen molar-refractivity contribution in [2.45, 2.75) is 13.5 Å². The third-order valence-corrected chi connectivity index (χ3v) is 4.93. The summed E-state index contributed by atoms with van der Waals surface area (Å²) in [4.78, 5) is 32.2. The predicted octanol–water partition coefficient (Wildman–Crippen LogP) is 5.01. The van der Waals surface area contributed by atoms with Crippen LogP contribution >= 0.6 is 0 Å². The number of aromatic nitrogens is 2. The molecule has 2 N–H and O–H groups in total. The van der Waals surface area contributed by atoms with Crippen LogP contribution in [0, 0.1) is 0 Å². The van der Waals surface area contributed by atoms with Crippen LogP contribution in [0.1, 0.15) is 12.5 Å². The smallest absolute Gasteiger partial charge is 0.330 e. The highest BCUT2D eigenvalue weighted by molar-refractivity contribution is 6.04. The maximum Gasteiger partial charge on any atom is 0.330 e. The van der Waals surface area contributed by atoms with Crippen LogP contribution < -0.4 is 15.4 Å². The zero-order valence-electron chi connectivity index (χ0n) is 19.1. The second-order valence-corrected chi connectivity index (χ2v) is 7.45. The van der Waals surface area contributed by atoms with E-state index in [9.17, 15) is 9.59 Å². The average Bonchev–Trinajstić information content (AvgIpc) is 2.88. The van der Waals surface area contributed by atoms with Gasteiger partial charge in [-0.25, -0.2) is 14.8 Å². The van der Waals surface area contributed by atoms with Gasteiger partial charge >= 0.3 is 5.97 Å². The summed E-state index contributed by atoms with van der Waals surface area (Å²) in [5.41, 5.74) is 3.18. The van der Waals surface area contributed by atoms with Crippen LogP contribution in [0.25, 0.3) is 10.9 Å². The molecule has 35 heavy (non-hydrogen) atoms. The molecule has 1 aromatic heterocycles. The summed E-state index contributed by atoms with van der Waals surface area (Å²) in [6.07, 6.45) is 3.69. The van der Waals surface area contributed by atoms with E-state index in [1.165, 1.54) is 6.33 Å². The van der Waals surface area contributed by atoms with Crippen LogP contribution in [-0.2, 0) is 20.9 Å². The Morgan fingerprint density at radius 3 is 2.46 bits per heavy atom. The van der Waals surface area contributed by atoms with Crippen molar-refractivity contribution >= 4 is 40.0 Å². The molecular weight excluding hydrogens is 444 g/mol. The number of rotatable bonds is 9. The molecule has 0 bridgehead atoms. The summed E-state index contributed by atoms with van der Waals surface area (Å²) in [7, 11) is 0. The minimum absolute atomic E-state index is 0.245. The molecule has 4 aromatic rings. The Labute approximate surface area is 202 Å². The molecule has 1 amide bonds. The summed E-state index contributed by atoms with van der Waals surface area (Å²) in [5.74, 6) is 0.325. The van der Waals surface area contributed by atoms with Crippen molar-refractivity contribution < 1.29 is 19.1 Å². The van der Waals surface area contributed by atoms with Crippen molar-refractivity contribution in [3.63, 3.8) is 0 Å². The van der Waals surface area contributed by atoms with Crippen LogP contribution in [-0.4, -0.2) is 28.5 Å². The average molecular weight is 469 g/mol. The van der Waals surface area contributed by atoms with Gasteiger partial charge in [0.05, 0.1) is 12.1 Å². The van der Waals surface area contributed by atoms with E-state index in [1.54, 1.807) is 25.1 Å². The molecule has 176 valence electrons. The first-order chi connectivity index (χ1) is 17.1.